The minimum atomic E-state index is -0.583. The lowest BCUT2D eigenvalue weighted by Crippen LogP contribution is -2.29. The number of hydrogen-bond acceptors (Lipinski definition) is 1. The van der Waals surface area contributed by atoms with E-state index in [0.29, 0.717) is 11.1 Å². The van der Waals surface area contributed by atoms with Crippen LogP contribution in [-0.2, 0) is 5.41 Å². The van der Waals surface area contributed by atoms with Crippen LogP contribution in [0.15, 0.2) is 47.7 Å². The van der Waals surface area contributed by atoms with E-state index in [4.69, 9.17) is 16.3 Å². The smallest absolute Gasteiger partial charge is 0.189 e. The van der Waals surface area contributed by atoms with E-state index >= 15 is 4.39 Å². The summed E-state index contributed by atoms with van der Waals surface area (Å²) in [6.07, 6.45) is 11.0. The van der Waals surface area contributed by atoms with E-state index in [1.54, 1.807) is 25.1 Å². The molecule has 0 unspecified atom stereocenters. The first-order valence-corrected chi connectivity index (χ1v) is 11.9. The Kier molecular flexibility index (Phi) is 8.76. The molecule has 0 N–H and O–H groups in total. The summed E-state index contributed by atoms with van der Waals surface area (Å²) >= 11 is 5.82. The summed E-state index contributed by atoms with van der Waals surface area (Å²) in [4.78, 5) is 0. The summed E-state index contributed by atoms with van der Waals surface area (Å²) in [7, 11) is 0. The number of allylic oxidation sites excluding steroid dienone is 1. The van der Waals surface area contributed by atoms with Crippen LogP contribution in [0.3, 0.4) is 0 Å². The van der Waals surface area contributed by atoms with Gasteiger partial charge in [0.15, 0.2) is 16.8 Å². The summed E-state index contributed by atoms with van der Waals surface area (Å²) < 4.78 is 34.9. The molecule has 3 rings (SSSR count). The summed E-state index contributed by atoms with van der Waals surface area (Å²) in [5.41, 5.74) is 1.87. The van der Waals surface area contributed by atoms with Crippen molar-refractivity contribution < 1.29 is 13.5 Å². The second-order valence-electron chi connectivity index (χ2n) is 8.48. The van der Waals surface area contributed by atoms with Gasteiger partial charge in [0.2, 0.25) is 0 Å². The van der Waals surface area contributed by atoms with Crippen LogP contribution in [0.1, 0.15) is 77.2 Å². The van der Waals surface area contributed by atoms with Crippen molar-refractivity contribution in [2.24, 2.45) is 0 Å². The first-order valence-electron chi connectivity index (χ1n) is 11.5. The lowest BCUT2D eigenvalue weighted by atomic mass is 9.66. The molecular formula is C28H31ClF2O. The lowest BCUT2D eigenvalue weighted by molar-refractivity contribution is 0.276. The van der Waals surface area contributed by atoms with Gasteiger partial charge in [-0.2, -0.15) is 0 Å². The first kappa shape index (κ1) is 24.3. The largest absolute Gasteiger partial charge is 0.443 e. The third-order valence-electron chi connectivity index (χ3n) is 6.30. The van der Waals surface area contributed by atoms with E-state index in [1.165, 1.54) is 24.6 Å². The molecule has 0 bridgehead atoms. The maximum Gasteiger partial charge on any atom is 0.189 e. The molecule has 2 aromatic rings. The second-order valence-corrected chi connectivity index (χ2v) is 8.85. The zero-order valence-electron chi connectivity index (χ0n) is 18.9. The monoisotopic (exact) mass is 456 g/mol. The zero-order chi connectivity index (χ0) is 23.0. The molecule has 1 saturated carbocycles. The minimum absolute atomic E-state index is 0.0132. The molecule has 0 spiro atoms. The van der Waals surface area contributed by atoms with Crippen LogP contribution in [-0.4, -0.2) is 0 Å². The van der Waals surface area contributed by atoms with Gasteiger partial charge >= 0.3 is 0 Å². The van der Waals surface area contributed by atoms with Gasteiger partial charge in [-0.05, 0) is 85.0 Å². The Hall–Kier alpha value is -2.31. The Labute approximate surface area is 195 Å². The van der Waals surface area contributed by atoms with E-state index < -0.39 is 5.82 Å². The molecule has 1 aliphatic carbocycles. The number of hydrogen-bond donors (Lipinski definition) is 0. The molecule has 170 valence electrons. The molecule has 0 aromatic heterocycles. The van der Waals surface area contributed by atoms with Crippen LogP contribution in [0, 0.1) is 23.5 Å². The Bertz CT molecular complexity index is 1010. The van der Waals surface area contributed by atoms with Gasteiger partial charge in [0.1, 0.15) is 5.82 Å². The topological polar surface area (TPSA) is 9.23 Å². The molecule has 0 radical (unpaired) electrons. The van der Waals surface area contributed by atoms with Crippen molar-refractivity contribution in [3.05, 3.63) is 64.9 Å². The number of ether oxygens (including phenoxy) is 1. The predicted octanol–water partition coefficient (Wildman–Crippen LogP) is 8.90. The van der Waals surface area contributed by atoms with Gasteiger partial charge in [0.25, 0.3) is 0 Å². The third kappa shape index (κ3) is 5.93. The molecule has 0 amide bonds. The average molecular weight is 457 g/mol. The Morgan fingerprint density at radius 1 is 1.03 bits per heavy atom. The molecule has 1 nitrogen and oxygen atoms in total. The highest BCUT2D eigenvalue weighted by molar-refractivity contribution is 6.28. The van der Waals surface area contributed by atoms with Gasteiger partial charge in [0.05, 0.1) is 0 Å². The summed E-state index contributed by atoms with van der Waals surface area (Å²) in [5.74, 6) is 5.63. The summed E-state index contributed by atoms with van der Waals surface area (Å²) in [6, 6.07) is 9.85. The van der Waals surface area contributed by atoms with Crippen LogP contribution in [0.5, 0.6) is 5.75 Å². The fraction of sp³-hybridized carbons (Fsp3) is 0.429. The van der Waals surface area contributed by atoms with Gasteiger partial charge in [0, 0.05) is 18.4 Å². The van der Waals surface area contributed by atoms with Crippen LogP contribution in [0.4, 0.5) is 8.78 Å². The third-order valence-corrected chi connectivity index (χ3v) is 6.59. The minimum Gasteiger partial charge on any atom is -0.443 e. The molecule has 1 aliphatic rings. The highest BCUT2D eigenvalue weighted by Crippen LogP contribution is 2.44. The van der Waals surface area contributed by atoms with Crippen LogP contribution < -0.4 is 4.74 Å². The molecule has 0 atom stereocenters. The van der Waals surface area contributed by atoms with E-state index in [9.17, 15) is 4.39 Å². The summed E-state index contributed by atoms with van der Waals surface area (Å²) in [6.45, 7) is 3.83. The van der Waals surface area contributed by atoms with Gasteiger partial charge in [-0.1, -0.05) is 44.4 Å². The highest BCUT2D eigenvalue weighted by Gasteiger charge is 2.33. The zero-order valence-corrected chi connectivity index (χ0v) is 19.7. The Morgan fingerprint density at radius 2 is 1.78 bits per heavy atom. The van der Waals surface area contributed by atoms with Gasteiger partial charge in [-0.15, -0.1) is 11.8 Å². The van der Waals surface area contributed by atoms with Crippen molar-refractivity contribution in [2.45, 2.75) is 77.0 Å². The van der Waals surface area contributed by atoms with Crippen LogP contribution >= 0.6 is 11.6 Å². The van der Waals surface area contributed by atoms with Crippen molar-refractivity contribution in [1.82, 2.24) is 0 Å². The molecule has 4 heteroatoms. The van der Waals surface area contributed by atoms with E-state index in [1.807, 2.05) is 6.07 Å². The fourth-order valence-corrected chi connectivity index (χ4v) is 4.59. The number of rotatable bonds is 7. The number of benzene rings is 2. The standard InChI is InChI=1S/C28H31ClF2O/c1-3-5-6-7-9-16-28(17-10-8-11-18-28)22-13-14-23(24(30)20-22)21-12-15-26(25(31)19-21)32-27(29)4-2/h4,12-15,19-20H,3,5,8-11,16-18H2,1-2H3/b27-4-. The number of halogens is 3. The van der Waals surface area contributed by atoms with Crippen molar-refractivity contribution in [3.63, 3.8) is 0 Å². The lowest BCUT2D eigenvalue weighted by Gasteiger charge is -2.38. The van der Waals surface area contributed by atoms with E-state index in [-0.39, 0.29) is 22.2 Å². The number of unbranched alkanes of at least 4 members (excludes halogenated alkanes) is 1. The van der Waals surface area contributed by atoms with Crippen molar-refractivity contribution in [2.75, 3.05) is 0 Å². The maximum atomic E-state index is 15.2. The van der Waals surface area contributed by atoms with Gasteiger partial charge < -0.3 is 4.74 Å². The maximum absolute atomic E-state index is 15.2. The quantitative estimate of drug-likeness (QED) is 0.298. The van der Waals surface area contributed by atoms with Crippen molar-refractivity contribution in [3.8, 4) is 28.7 Å². The summed E-state index contributed by atoms with van der Waals surface area (Å²) in [5, 5.41) is 0.0874. The van der Waals surface area contributed by atoms with E-state index in [2.05, 4.69) is 18.8 Å². The normalized spacial score (nSPS) is 15.7. The molecular weight excluding hydrogens is 426 g/mol. The van der Waals surface area contributed by atoms with Gasteiger partial charge in [-0.25, -0.2) is 8.78 Å². The highest BCUT2D eigenvalue weighted by atomic mass is 35.5. The Morgan fingerprint density at radius 3 is 2.44 bits per heavy atom. The molecule has 1 fully saturated rings. The fourth-order valence-electron chi connectivity index (χ4n) is 4.51. The van der Waals surface area contributed by atoms with Gasteiger partial charge in [-0.3, -0.25) is 0 Å². The van der Waals surface area contributed by atoms with E-state index in [0.717, 1.165) is 56.9 Å². The molecule has 32 heavy (non-hydrogen) atoms. The molecule has 0 saturated heterocycles. The molecule has 0 heterocycles. The van der Waals surface area contributed by atoms with Crippen molar-refractivity contribution in [1.29, 1.82) is 0 Å². The first-order chi connectivity index (χ1) is 15.5. The van der Waals surface area contributed by atoms with Crippen LogP contribution in [0.25, 0.3) is 11.1 Å². The second kappa shape index (κ2) is 11.5. The van der Waals surface area contributed by atoms with Crippen LogP contribution in [0.2, 0.25) is 0 Å². The van der Waals surface area contributed by atoms with Crippen molar-refractivity contribution >= 4 is 11.6 Å². The predicted molar refractivity (Wildman–Crippen MR) is 129 cm³/mol. The molecule has 2 aromatic carbocycles. The molecule has 0 aliphatic heterocycles. The Balaban J connectivity index is 1.85. The average Bonchev–Trinajstić information content (AvgIpc) is 2.80. The SMILES string of the molecule is C/C=C(/Cl)Oc1ccc(-c2ccc(C3(CCC#CCCC)CCCCC3)cc2F)cc1F.